The first kappa shape index (κ1) is 47.0. The molecule has 0 N–H and O–H groups in total. The maximum atomic E-state index is 12.1. The fraction of sp³-hybridized carbons (Fsp3) is 1.00. The van der Waals surface area contributed by atoms with Crippen LogP contribution in [-0.4, -0.2) is 63.3 Å². The molecule has 0 aliphatic rings. The molecule has 6 atom stereocenters. The van der Waals surface area contributed by atoms with Gasteiger partial charge < -0.3 is 28.0 Å². The maximum Gasteiger partial charge on any atom is 2.00 e. The fourth-order valence-corrected chi connectivity index (χ4v) is 8.04. The molecule has 0 amide bonds. The standard InChI is InChI=1S/2C16H35O3P.Ca/c2*1-5-9-11-15(7-3)13-19-20(17,18)14-16(8-4)12-10-6-2;/h2*15-16H,5-14H2,1-4H3,(H,17,18);/q;;+2/p-2. The van der Waals surface area contributed by atoms with E-state index in [2.05, 4.69) is 55.4 Å². The van der Waals surface area contributed by atoms with Crippen molar-refractivity contribution in [3.8, 4) is 0 Å². The Morgan fingerprint density at radius 3 is 0.951 bits per heavy atom. The first-order valence-corrected chi connectivity index (χ1v) is 20.3. The quantitative estimate of drug-likeness (QED) is 0.0683. The third kappa shape index (κ3) is 28.8. The maximum absolute atomic E-state index is 12.1. The van der Waals surface area contributed by atoms with E-state index in [9.17, 15) is 18.9 Å². The molecule has 6 unspecified atom stereocenters. The van der Waals surface area contributed by atoms with Crippen molar-refractivity contribution in [3.05, 3.63) is 0 Å². The summed E-state index contributed by atoms with van der Waals surface area (Å²) in [7, 11) is -7.31. The average Bonchev–Trinajstić information content (AvgIpc) is 2.93. The monoisotopic (exact) mass is 650 g/mol. The van der Waals surface area contributed by atoms with Crippen molar-refractivity contribution in [1.82, 2.24) is 0 Å². The van der Waals surface area contributed by atoms with E-state index in [0.29, 0.717) is 25.0 Å². The van der Waals surface area contributed by atoms with E-state index in [1.54, 1.807) is 0 Å². The molecule has 0 aromatic carbocycles. The van der Waals surface area contributed by atoms with Gasteiger partial charge in [0.15, 0.2) is 0 Å². The Balaban J connectivity index is -0.000000688. The molecule has 6 nitrogen and oxygen atoms in total. The third-order valence-corrected chi connectivity index (χ3v) is 11.2. The zero-order valence-electron chi connectivity index (χ0n) is 28.5. The van der Waals surface area contributed by atoms with Gasteiger partial charge in [-0.2, -0.15) is 0 Å². The van der Waals surface area contributed by atoms with E-state index in [-0.39, 0.29) is 61.9 Å². The van der Waals surface area contributed by atoms with Gasteiger partial charge in [-0.1, -0.05) is 132 Å². The summed E-state index contributed by atoms with van der Waals surface area (Å²) in [6.07, 6.45) is 17.4. The van der Waals surface area contributed by atoms with Crippen molar-refractivity contribution >= 4 is 52.9 Å². The predicted molar refractivity (Wildman–Crippen MR) is 176 cm³/mol. The zero-order valence-corrected chi connectivity index (χ0v) is 32.5. The summed E-state index contributed by atoms with van der Waals surface area (Å²) in [5, 5.41) is 0. The van der Waals surface area contributed by atoms with Crippen LogP contribution in [0.25, 0.3) is 0 Å². The van der Waals surface area contributed by atoms with Crippen LogP contribution >= 0.6 is 15.2 Å². The van der Waals surface area contributed by atoms with Crippen LogP contribution in [0, 0.1) is 23.7 Å². The summed E-state index contributed by atoms with van der Waals surface area (Å²) in [6.45, 7) is 17.7. The molecule has 0 radical (unpaired) electrons. The SMILES string of the molecule is CCCCC(CC)COP(=O)([O-])CC(CC)CCCC.CCCCC(CC)COP(=O)([O-])CC(CC)CCCC.[Ca+2]. The second-order valence-electron chi connectivity index (χ2n) is 11.8. The minimum absolute atomic E-state index is 0. The van der Waals surface area contributed by atoms with Crippen LogP contribution in [0.2, 0.25) is 0 Å². The van der Waals surface area contributed by atoms with Gasteiger partial charge in [-0.05, 0) is 49.4 Å². The van der Waals surface area contributed by atoms with Gasteiger partial charge >= 0.3 is 37.7 Å². The number of hydrogen-bond donors (Lipinski definition) is 0. The fourth-order valence-electron chi connectivity index (χ4n) is 4.81. The summed E-state index contributed by atoms with van der Waals surface area (Å²) in [4.78, 5) is 24.1. The summed E-state index contributed by atoms with van der Waals surface area (Å²) in [6, 6.07) is 0. The molecule has 0 aromatic heterocycles. The predicted octanol–water partition coefficient (Wildman–Crippen LogP) is 9.60. The smallest absolute Gasteiger partial charge is 0.778 e. The van der Waals surface area contributed by atoms with Gasteiger partial charge in [0.2, 0.25) is 0 Å². The van der Waals surface area contributed by atoms with E-state index >= 15 is 0 Å². The third-order valence-electron chi connectivity index (χ3n) is 8.15. The summed E-state index contributed by atoms with van der Waals surface area (Å²) in [5.74, 6) is 1.28. The zero-order chi connectivity index (χ0) is 30.9. The molecule has 0 aromatic rings. The van der Waals surface area contributed by atoms with Crippen molar-refractivity contribution in [3.63, 3.8) is 0 Å². The Bertz CT molecular complexity index is 598. The second-order valence-corrected chi connectivity index (χ2v) is 15.5. The Labute approximate surface area is 286 Å². The Kier molecular flexibility index (Phi) is 34.6. The van der Waals surface area contributed by atoms with E-state index < -0.39 is 15.2 Å². The molecule has 0 saturated carbocycles. The van der Waals surface area contributed by atoms with Crippen molar-refractivity contribution in [2.24, 2.45) is 23.7 Å². The molecule has 0 aliphatic heterocycles. The molecule has 244 valence electrons. The molecule has 9 heteroatoms. The van der Waals surface area contributed by atoms with E-state index in [1.165, 1.54) is 0 Å². The molecule has 0 heterocycles. The van der Waals surface area contributed by atoms with Gasteiger partial charge in [-0.3, -0.25) is 0 Å². The second kappa shape index (κ2) is 30.2. The van der Waals surface area contributed by atoms with Crippen LogP contribution in [0.15, 0.2) is 0 Å². The van der Waals surface area contributed by atoms with Crippen LogP contribution in [0.4, 0.5) is 0 Å². The average molecular weight is 651 g/mol. The van der Waals surface area contributed by atoms with Gasteiger partial charge in [0, 0.05) is 12.3 Å². The molecule has 0 fully saturated rings. The normalized spacial score (nSPS) is 17.2. The largest absolute Gasteiger partial charge is 2.00 e. The first-order valence-electron chi connectivity index (χ1n) is 16.9. The van der Waals surface area contributed by atoms with Crippen LogP contribution in [0.3, 0.4) is 0 Å². The van der Waals surface area contributed by atoms with Gasteiger partial charge in [0.1, 0.15) is 15.2 Å². The topological polar surface area (TPSA) is 98.7 Å². The van der Waals surface area contributed by atoms with Gasteiger partial charge in [-0.25, -0.2) is 0 Å². The number of hydrogen-bond acceptors (Lipinski definition) is 6. The molecule has 0 rings (SSSR count). The molecule has 0 bridgehead atoms. The minimum atomic E-state index is -3.65. The van der Waals surface area contributed by atoms with E-state index in [0.717, 1.165) is 103 Å². The molecule has 0 aliphatic carbocycles. The van der Waals surface area contributed by atoms with E-state index in [4.69, 9.17) is 9.05 Å². The molecule has 0 saturated heterocycles. The van der Waals surface area contributed by atoms with Crippen LogP contribution in [-0.2, 0) is 18.2 Å². The van der Waals surface area contributed by atoms with E-state index in [1.807, 2.05) is 0 Å². The van der Waals surface area contributed by atoms with Crippen LogP contribution in [0.1, 0.15) is 158 Å². The molecular weight excluding hydrogens is 582 g/mol. The molecular formula is C32H68CaO6P2. The minimum Gasteiger partial charge on any atom is -0.778 e. The first-order chi connectivity index (χ1) is 19.0. The molecule has 0 spiro atoms. The van der Waals surface area contributed by atoms with Crippen LogP contribution < -0.4 is 9.79 Å². The Morgan fingerprint density at radius 2 is 0.732 bits per heavy atom. The van der Waals surface area contributed by atoms with Crippen molar-refractivity contribution < 1.29 is 28.0 Å². The van der Waals surface area contributed by atoms with Gasteiger partial charge in [0.05, 0.1) is 13.2 Å². The Morgan fingerprint density at radius 1 is 0.488 bits per heavy atom. The van der Waals surface area contributed by atoms with Crippen LogP contribution in [0.5, 0.6) is 0 Å². The summed E-state index contributed by atoms with van der Waals surface area (Å²) >= 11 is 0. The summed E-state index contributed by atoms with van der Waals surface area (Å²) < 4.78 is 34.7. The van der Waals surface area contributed by atoms with Gasteiger partial charge in [0.25, 0.3) is 0 Å². The van der Waals surface area contributed by atoms with Crippen molar-refractivity contribution in [2.45, 2.75) is 158 Å². The Hall–Kier alpha value is 1.56. The molecule has 41 heavy (non-hydrogen) atoms. The van der Waals surface area contributed by atoms with Gasteiger partial charge in [-0.15, -0.1) is 0 Å². The van der Waals surface area contributed by atoms with Crippen molar-refractivity contribution in [1.29, 1.82) is 0 Å². The summed E-state index contributed by atoms with van der Waals surface area (Å²) in [5.41, 5.74) is 0. The number of rotatable bonds is 26. The van der Waals surface area contributed by atoms with Crippen molar-refractivity contribution in [2.75, 3.05) is 25.5 Å². The number of unbranched alkanes of at least 4 members (excludes halogenated alkanes) is 4.